The molecule has 24 heavy (non-hydrogen) atoms. The van der Waals surface area contributed by atoms with Gasteiger partial charge in [-0.3, -0.25) is 0 Å². The first kappa shape index (κ1) is 18.2. The van der Waals surface area contributed by atoms with E-state index in [1.54, 1.807) is 25.6 Å². The minimum Gasteiger partial charge on any atom is -0.493 e. The fourth-order valence-corrected chi connectivity index (χ4v) is 2.28. The predicted octanol–water partition coefficient (Wildman–Crippen LogP) is 1.83. The summed E-state index contributed by atoms with van der Waals surface area (Å²) in [6.07, 6.45) is 0. The third kappa shape index (κ3) is 4.69. The van der Waals surface area contributed by atoms with Crippen LogP contribution in [0, 0.1) is 0 Å². The molecule has 1 heterocycles. The Kier molecular flexibility index (Phi) is 5.15. The van der Waals surface area contributed by atoms with Crippen molar-refractivity contribution < 1.29 is 14.6 Å². The van der Waals surface area contributed by atoms with Gasteiger partial charge in [0.15, 0.2) is 17.3 Å². The summed E-state index contributed by atoms with van der Waals surface area (Å²) >= 11 is 0. The third-order valence-corrected chi connectivity index (χ3v) is 3.25. The lowest BCUT2D eigenvalue weighted by atomic mass is 10.1. The van der Waals surface area contributed by atoms with E-state index in [0.717, 1.165) is 0 Å². The van der Waals surface area contributed by atoms with Crippen molar-refractivity contribution in [3.05, 3.63) is 35.9 Å². The van der Waals surface area contributed by atoms with Crippen LogP contribution in [0.1, 0.15) is 39.3 Å². The highest BCUT2D eigenvalue weighted by molar-refractivity contribution is 5.39. The Morgan fingerprint density at radius 1 is 1.17 bits per heavy atom. The Balaban J connectivity index is 2.22. The van der Waals surface area contributed by atoms with Gasteiger partial charge < -0.3 is 20.3 Å². The Morgan fingerprint density at radius 3 is 2.33 bits per heavy atom. The molecule has 3 N–H and O–H groups in total. The molecule has 7 heteroatoms. The molecule has 132 valence electrons. The quantitative estimate of drug-likeness (QED) is 0.802. The fourth-order valence-electron chi connectivity index (χ4n) is 2.28. The number of hydrogen-bond acceptors (Lipinski definition) is 6. The van der Waals surface area contributed by atoms with Gasteiger partial charge in [0, 0.05) is 0 Å². The van der Waals surface area contributed by atoms with Crippen molar-refractivity contribution in [3.8, 4) is 11.5 Å². The smallest absolute Gasteiger partial charge is 0.188 e. The number of aromatic nitrogens is 3. The van der Waals surface area contributed by atoms with Gasteiger partial charge in [-0.05, 0) is 39.8 Å². The zero-order valence-corrected chi connectivity index (χ0v) is 14.9. The number of hydrogen-bond donors (Lipinski definition) is 2. The van der Waals surface area contributed by atoms with Crippen LogP contribution < -0.4 is 15.2 Å². The highest BCUT2D eigenvalue weighted by Gasteiger charge is 2.26. The van der Waals surface area contributed by atoms with E-state index < -0.39 is 11.1 Å². The number of ether oxygens (including phenoxy) is 2. The van der Waals surface area contributed by atoms with Crippen LogP contribution in [0.4, 0.5) is 0 Å². The lowest BCUT2D eigenvalue weighted by Crippen LogP contribution is -2.36. The van der Waals surface area contributed by atoms with Crippen molar-refractivity contribution >= 4 is 0 Å². The minimum atomic E-state index is -0.922. The molecule has 0 spiro atoms. The summed E-state index contributed by atoms with van der Waals surface area (Å²) in [7, 11) is 1.59. The first-order chi connectivity index (χ1) is 11.1. The molecule has 0 saturated heterocycles. The van der Waals surface area contributed by atoms with E-state index in [0.29, 0.717) is 29.7 Å². The second kappa shape index (κ2) is 6.78. The Morgan fingerprint density at radius 2 is 1.79 bits per heavy atom. The number of methoxy groups -OCH3 is 1. The molecule has 1 aromatic heterocycles. The monoisotopic (exact) mass is 334 g/mol. The summed E-state index contributed by atoms with van der Waals surface area (Å²) in [5.74, 6) is 2.36. The summed E-state index contributed by atoms with van der Waals surface area (Å²) in [6, 6.07) is 7.38. The first-order valence-corrected chi connectivity index (χ1v) is 7.81. The van der Waals surface area contributed by atoms with Crippen LogP contribution >= 0.6 is 0 Å². The molecule has 0 aliphatic carbocycles. The van der Waals surface area contributed by atoms with Crippen LogP contribution in [0.5, 0.6) is 11.5 Å². The van der Waals surface area contributed by atoms with Crippen LogP contribution in [0.25, 0.3) is 0 Å². The van der Waals surface area contributed by atoms with E-state index in [9.17, 15) is 5.11 Å². The molecule has 0 aliphatic rings. The number of aliphatic hydroxyl groups is 1. The van der Waals surface area contributed by atoms with Crippen LogP contribution in [0.2, 0.25) is 0 Å². The lowest BCUT2D eigenvalue weighted by molar-refractivity contribution is 0.0554. The van der Waals surface area contributed by atoms with E-state index in [1.807, 2.05) is 38.1 Å². The first-order valence-electron chi connectivity index (χ1n) is 7.81. The number of nitrogens with two attached hydrogens (primary N) is 1. The van der Waals surface area contributed by atoms with Crippen molar-refractivity contribution in [1.29, 1.82) is 0 Å². The third-order valence-electron chi connectivity index (χ3n) is 3.25. The summed E-state index contributed by atoms with van der Waals surface area (Å²) in [5.41, 5.74) is 4.58. The van der Waals surface area contributed by atoms with Gasteiger partial charge in [0.2, 0.25) is 0 Å². The molecule has 0 aliphatic heterocycles. The molecular weight excluding hydrogens is 308 g/mol. The van der Waals surface area contributed by atoms with Crippen LogP contribution in [0.3, 0.4) is 0 Å². The molecule has 2 rings (SSSR count). The second-order valence-corrected chi connectivity index (χ2v) is 6.98. The number of para-hydroxylation sites is 2. The van der Waals surface area contributed by atoms with Crippen LogP contribution in [0.15, 0.2) is 24.3 Å². The van der Waals surface area contributed by atoms with Crippen molar-refractivity contribution in [2.24, 2.45) is 5.73 Å². The van der Waals surface area contributed by atoms with Gasteiger partial charge in [-0.15, -0.1) is 0 Å². The molecule has 7 nitrogen and oxygen atoms in total. The second-order valence-electron chi connectivity index (χ2n) is 6.98. The largest absolute Gasteiger partial charge is 0.493 e. The number of benzene rings is 1. The summed E-state index contributed by atoms with van der Waals surface area (Å²) in [4.78, 5) is 4.49. The maximum atomic E-state index is 10.1. The van der Waals surface area contributed by atoms with Gasteiger partial charge in [0.1, 0.15) is 12.4 Å². The van der Waals surface area contributed by atoms with Gasteiger partial charge in [0.05, 0.1) is 24.8 Å². The average molecular weight is 334 g/mol. The van der Waals surface area contributed by atoms with E-state index in [2.05, 4.69) is 10.1 Å². The molecule has 0 atom stereocenters. The molecule has 0 radical (unpaired) electrons. The van der Waals surface area contributed by atoms with Gasteiger partial charge >= 0.3 is 0 Å². The molecule has 0 amide bonds. The van der Waals surface area contributed by atoms with Gasteiger partial charge in [-0.1, -0.05) is 12.1 Å². The SMILES string of the molecule is COc1ccccc1OCc1nc(C(C)(C)N)n(CC(C)(C)O)n1. The molecular formula is C17H26N4O3. The predicted molar refractivity (Wildman–Crippen MR) is 90.9 cm³/mol. The maximum Gasteiger partial charge on any atom is 0.188 e. The van der Waals surface area contributed by atoms with E-state index >= 15 is 0 Å². The number of nitrogens with zero attached hydrogens (tertiary/aromatic N) is 3. The highest BCUT2D eigenvalue weighted by atomic mass is 16.5. The molecule has 0 fully saturated rings. The van der Waals surface area contributed by atoms with Gasteiger partial charge in [0.25, 0.3) is 0 Å². The van der Waals surface area contributed by atoms with Gasteiger partial charge in [-0.25, -0.2) is 9.67 Å². The lowest BCUT2D eigenvalue weighted by Gasteiger charge is -2.22. The van der Waals surface area contributed by atoms with Gasteiger partial charge in [-0.2, -0.15) is 5.10 Å². The van der Waals surface area contributed by atoms with E-state index in [1.165, 1.54) is 0 Å². The number of rotatable bonds is 7. The standard InChI is InChI=1S/C17H26N4O3/c1-16(2,22)11-21-15(17(3,4)18)19-14(20-21)10-24-13-9-7-6-8-12(13)23-5/h6-9,22H,10-11,18H2,1-5H3. The van der Waals surface area contributed by atoms with Crippen molar-refractivity contribution in [3.63, 3.8) is 0 Å². The summed E-state index contributed by atoms with van der Waals surface area (Å²) in [6.45, 7) is 7.61. The Bertz CT molecular complexity index is 684. The minimum absolute atomic E-state index is 0.183. The van der Waals surface area contributed by atoms with E-state index in [-0.39, 0.29) is 6.61 Å². The molecule has 2 aromatic rings. The average Bonchev–Trinajstić information content (AvgIpc) is 2.86. The zero-order chi connectivity index (χ0) is 18.0. The topological polar surface area (TPSA) is 95.4 Å². The van der Waals surface area contributed by atoms with E-state index in [4.69, 9.17) is 15.2 Å². The Labute approximate surface area is 142 Å². The Hall–Kier alpha value is -2.12. The molecule has 0 bridgehead atoms. The van der Waals surface area contributed by atoms with Crippen LogP contribution in [-0.4, -0.2) is 32.6 Å². The maximum absolute atomic E-state index is 10.1. The summed E-state index contributed by atoms with van der Waals surface area (Å²) in [5, 5.41) is 14.5. The molecule has 1 aromatic carbocycles. The fraction of sp³-hybridized carbons (Fsp3) is 0.529. The van der Waals surface area contributed by atoms with Crippen LogP contribution in [-0.2, 0) is 18.7 Å². The van der Waals surface area contributed by atoms with Crippen molar-refractivity contribution in [1.82, 2.24) is 14.8 Å². The molecule has 0 saturated carbocycles. The zero-order valence-electron chi connectivity index (χ0n) is 14.9. The normalized spacial score (nSPS) is 12.3. The van der Waals surface area contributed by atoms with Crippen molar-refractivity contribution in [2.75, 3.05) is 7.11 Å². The summed E-state index contributed by atoms with van der Waals surface area (Å²) < 4.78 is 12.7. The van der Waals surface area contributed by atoms with Crippen molar-refractivity contribution in [2.45, 2.75) is 52.0 Å². The highest BCUT2D eigenvalue weighted by Crippen LogP contribution is 2.26. The molecule has 0 unspecified atom stereocenters.